The van der Waals surface area contributed by atoms with Crippen molar-refractivity contribution in [3.63, 3.8) is 0 Å². The van der Waals surface area contributed by atoms with Crippen LogP contribution in [0.1, 0.15) is 35.4 Å². The number of aryl methyl sites for hydroxylation is 1. The highest BCUT2D eigenvalue weighted by atomic mass is 16.5. The summed E-state index contributed by atoms with van der Waals surface area (Å²) in [6.45, 7) is 2.55. The number of nitrogens with zero attached hydrogens (tertiary/aromatic N) is 2. The van der Waals surface area contributed by atoms with Gasteiger partial charge in [-0.05, 0) is 12.5 Å². The van der Waals surface area contributed by atoms with E-state index in [0.29, 0.717) is 18.0 Å². The fourth-order valence-corrected chi connectivity index (χ4v) is 2.15. The number of benzene rings is 1. The van der Waals surface area contributed by atoms with Crippen LogP contribution in [-0.2, 0) is 6.54 Å². The highest BCUT2D eigenvalue weighted by molar-refractivity contribution is 5.97. The van der Waals surface area contributed by atoms with Crippen LogP contribution in [0.4, 0.5) is 0 Å². The maximum atomic E-state index is 12.4. The molecule has 0 amide bonds. The second-order valence-corrected chi connectivity index (χ2v) is 4.52. The topological polar surface area (TPSA) is 70.1 Å². The molecular formula is C15H19N3O2. The molecule has 5 nitrogen and oxygen atoms in total. The van der Waals surface area contributed by atoms with E-state index < -0.39 is 0 Å². The number of ketones is 1. The maximum absolute atomic E-state index is 12.4. The normalized spacial score (nSPS) is 12.2. The molecule has 0 bridgehead atoms. The van der Waals surface area contributed by atoms with Gasteiger partial charge in [0.1, 0.15) is 5.69 Å². The largest absolute Gasteiger partial charge is 0.493 e. The van der Waals surface area contributed by atoms with Gasteiger partial charge < -0.3 is 10.5 Å². The predicted molar refractivity (Wildman–Crippen MR) is 76.8 cm³/mol. The van der Waals surface area contributed by atoms with Gasteiger partial charge in [-0.15, -0.1) is 0 Å². The molecule has 2 rings (SSSR count). The van der Waals surface area contributed by atoms with Crippen molar-refractivity contribution in [3.8, 4) is 5.75 Å². The summed E-state index contributed by atoms with van der Waals surface area (Å²) in [5, 5.41) is 4.14. The number of Topliss-reactive ketones (excluding diaryl/α,β-unsaturated/α-hetero) is 1. The minimum atomic E-state index is -0.325. The van der Waals surface area contributed by atoms with Gasteiger partial charge in [0.25, 0.3) is 0 Å². The Morgan fingerprint density at radius 1 is 1.40 bits per heavy atom. The zero-order chi connectivity index (χ0) is 14.5. The fourth-order valence-electron chi connectivity index (χ4n) is 2.15. The summed E-state index contributed by atoms with van der Waals surface area (Å²) in [6, 6.07) is 9.27. The van der Waals surface area contributed by atoms with Gasteiger partial charge in [0, 0.05) is 19.0 Å². The number of hydrogen-bond acceptors (Lipinski definition) is 4. The van der Waals surface area contributed by atoms with Crippen LogP contribution in [0.25, 0.3) is 0 Å². The molecular weight excluding hydrogens is 254 g/mol. The first-order valence-electron chi connectivity index (χ1n) is 6.60. The van der Waals surface area contributed by atoms with Gasteiger partial charge in [0.2, 0.25) is 0 Å². The summed E-state index contributed by atoms with van der Waals surface area (Å²) in [7, 11) is 1.53. The molecule has 0 spiro atoms. The average molecular weight is 273 g/mol. The first kappa shape index (κ1) is 14.3. The van der Waals surface area contributed by atoms with Crippen LogP contribution in [0.5, 0.6) is 5.75 Å². The van der Waals surface area contributed by atoms with Crippen LogP contribution in [-0.4, -0.2) is 22.7 Å². The number of methoxy groups -OCH3 is 1. The monoisotopic (exact) mass is 273 g/mol. The third-order valence-corrected chi connectivity index (χ3v) is 3.22. The first-order valence-corrected chi connectivity index (χ1v) is 6.60. The van der Waals surface area contributed by atoms with Crippen LogP contribution in [0.2, 0.25) is 0 Å². The highest BCUT2D eigenvalue weighted by Gasteiger charge is 2.21. The van der Waals surface area contributed by atoms with E-state index in [1.54, 1.807) is 10.9 Å². The van der Waals surface area contributed by atoms with E-state index in [9.17, 15) is 4.79 Å². The standard InChI is InChI=1S/C15H19N3O2/c1-3-18-15(14(20-2)10-17-18)13(19)9-12(16)11-7-5-4-6-8-11/h4-8,10,12H,3,9,16H2,1-2H3. The van der Waals surface area contributed by atoms with Gasteiger partial charge in [0.05, 0.1) is 13.3 Å². The molecule has 1 aromatic carbocycles. The zero-order valence-electron chi connectivity index (χ0n) is 11.7. The van der Waals surface area contributed by atoms with E-state index in [-0.39, 0.29) is 18.2 Å². The number of nitrogens with two attached hydrogens (primary N) is 1. The number of ether oxygens (including phenoxy) is 1. The molecule has 20 heavy (non-hydrogen) atoms. The van der Waals surface area contributed by atoms with Crippen molar-refractivity contribution in [2.45, 2.75) is 25.9 Å². The Balaban J connectivity index is 2.18. The van der Waals surface area contributed by atoms with Gasteiger partial charge in [-0.3, -0.25) is 9.48 Å². The van der Waals surface area contributed by atoms with Crippen LogP contribution >= 0.6 is 0 Å². The first-order chi connectivity index (χ1) is 9.67. The lowest BCUT2D eigenvalue weighted by Gasteiger charge is -2.12. The molecule has 1 unspecified atom stereocenters. The van der Waals surface area contributed by atoms with E-state index in [1.165, 1.54) is 7.11 Å². The molecule has 1 atom stereocenters. The number of aromatic nitrogens is 2. The van der Waals surface area contributed by atoms with E-state index in [4.69, 9.17) is 10.5 Å². The Hall–Kier alpha value is -2.14. The summed E-state index contributed by atoms with van der Waals surface area (Å²) in [5.41, 5.74) is 7.53. The van der Waals surface area contributed by atoms with E-state index in [2.05, 4.69) is 5.10 Å². The molecule has 0 fully saturated rings. The molecule has 0 aliphatic carbocycles. The lowest BCUT2D eigenvalue weighted by molar-refractivity contribution is 0.0960. The number of hydrogen-bond donors (Lipinski definition) is 1. The zero-order valence-corrected chi connectivity index (χ0v) is 11.7. The Labute approximate surface area is 118 Å². The van der Waals surface area contributed by atoms with Crippen molar-refractivity contribution < 1.29 is 9.53 Å². The molecule has 1 aromatic heterocycles. The van der Waals surface area contributed by atoms with Gasteiger partial charge >= 0.3 is 0 Å². The number of carbonyl (C=O) groups is 1. The lowest BCUT2D eigenvalue weighted by atomic mass is 10.0. The summed E-state index contributed by atoms with van der Waals surface area (Å²) in [5.74, 6) is 0.440. The average Bonchev–Trinajstić information content (AvgIpc) is 2.91. The Bertz CT molecular complexity index is 557. The lowest BCUT2D eigenvalue weighted by Crippen LogP contribution is -2.18. The van der Waals surface area contributed by atoms with E-state index in [1.807, 2.05) is 37.3 Å². The molecule has 2 N–H and O–H groups in total. The minimum absolute atomic E-state index is 0.0578. The minimum Gasteiger partial charge on any atom is -0.493 e. The third kappa shape index (κ3) is 2.88. The summed E-state index contributed by atoms with van der Waals surface area (Å²) >= 11 is 0. The van der Waals surface area contributed by atoms with Gasteiger partial charge in [-0.2, -0.15) is 5.10 Å². The molecule has 0 saturated carbocycles. The van der Waals surface area contributed by atoms with Crippen LogP contribution in [0.3, 0.4) is 0 Å². The van der Waals surface area contributed by atoms with Crippen LogP contribution in [0, 0.1) is 0 Å². The summed E-state index contributed by atoms with van der Waals surface area (Å²) < 4.78 is 6.83. The Morgan fingerprint density at radius 2 is 2.10 bits per heavy atom. The van der Waals surface area contributed by atoms with Crippen molar-refractivity contribution in [2.24, 2.45) is 5.73 Å². The molecule has 5 heteroatoms. The van der Waals surface area contributed by atoms with Crippen molar-refractivity contribution >= 4 is 5.78 Å². The molecule has 0 aliphatic heterocycles. The smallest absolute Gasteiger partial charge is 0.186 e. The third-order valence-electron chi connectivity index (χ3n) is 3.22. The number of carbonyl (C=O) groups excluding carboxylic acids is 1. The van der Waals surface area contributed by atoms with Crippen molar-refractivity contribution in [1.29, 1.82) is 0 Å². The van der Waals surface area contributed by atoms with Crippen LogP contribution in [0.15, 0.2) is 36.5 Å². The Morgan fingerprint density at radius 3 is 2.70 bits per heavy atom. The molecule has 106 valence electrons. The van der Waals surface area contributed by atoms with Gasteiger partial charge in [0.15, 0.2) is 11.5 Å². The van der Waals surface area contributed by atoms with E-state index in [0.717, 1.165) is 5.56 Å². The van der Waals surface area contributed by atoms with Gasteiger partial charge in [-0.25, -0.2) is 0 Å². The molecule has 0 aliphatic rings. The quantitative estimate of drug-likeness (QED) is 0.819. The van der Waals surface area contributed by atoms with Crippen molar-refractivity contribution in [2.75, 3.05) is 7.11 Å². The van der Waals surface area contributed by atoms with E-state index >= 15 is 0 Å². The molecule has 0 saturated heterocycles. The summed E-state index contributed by atoms with van der Waals surface area (Å²) in [6.07, 6.45) is 1.79. The van der Waals surface area contributed by atoms with Crippen molar-refractivity contribution in [3.05, 3.63) is 47.8 Å². The molecule has 0 radical (unpaired) electrons. The second kappa shape index (κ2) is 6.34. The van der Waals surface area contributed by atoms with Crippen LogP contribution < -0.4 is 10.5 Å². The highest BCUT2D eigenvalue weighted by Crippen LogP contribution is 2.23. The Kier molecular flexibility index (Phi) is 4.53. The maximum Gasteiger partial charge on any atom is 0.186 e. The molecule has 2 aromatic rings. The van der Waals surface area contributed by atoms with Gasteiger partial charge in [-0.1, -0.05) is 30.3 Å². The van der Waals surface area contributed by atoms with Crippen molar-refractivity contribution in [1.82, 2.24) is 9.78 Å². The SMILES string of the molecule is CCn1ncc(OC)c1C(=O)CC(N)c1ccccc1. The number of rotatable bonds is 6. The fraction of sp³-hybridized carbons (Fsp3) is 0.333. The molecule has 1 heterocycles. The second-order valence-electron chi connectivity index (χ2n) is 4.52. The summed E-state index contributed by atoms with van der Waals surface area (Å²) in [4.78, 5) is 12.4. The predicted octanol–water partition coefficient (Wildman–Crippen LogP) is 2.18.